The zero-order chi connectivity index (χ0) is 15.8. The van der Waals surface area contributed by atoms with Crippen molar-refractivity contribution >= 4 is 36.0 Å². The third-order valence-electron chi connectivity index (χ3n) is 4.76. The van der Waals surface area contributed by atoms with Crippen LogP contribution in [0, 0.1) is 5.92 Å². The molecule has 0 spiro atoms. The average molecular weight is 350 g/mol. The minimum Gasteiger partial charge on any atom is -0.344 e. The van der Waals surface area contributed by atoms with Crippen molar-refractivity contribution in [1.82, 2.24) is 9.80 Å². The number of nitrogens with zero attached hydrogens (tertiary/aromatic N) is 2. The molecule has 0 aromatic carbocycles. The number of amides is 2. The second-order valence-electron chi connectivity index (χ2n) is 6.72. The van der Waals surface area contributed by atoms with Gasteiger partial charge in [0.25, 0.3) is 0 Å². The maximum atomic E-state index is 12.6. The van der Waals surface area contributed by atoms with Crippen molar-refractivity contribution in [1.29, 1.82) is 0 Å². The van der Waals surface area contributed by atoms with Crippen LogP contribution in [-0.4, -0.2) is 57.9 Å². The third-order valence-corrected chi connectivity index (χ3v) is 6.27. The van der Waals surface area contributed by atoms with E-state index in [1.165, 1.54) is 0 Å². The molecule has 2 heterocycles. The molecular formula is C15H28ClN3O2S. The Morgan fingerprint density at radius 2 is 2.18 bits per heavy atom. The highest BCUT2D eigenvalue weighted by Crippen LogP contribution is 2.47. The van der Waals surface area contributed by atoms with Crippen molar-refractivity contribution in [2.75, 3.05) is 19.3 Å². The number of halogens is 1. The molecule has 0 aliphatic carbocycles. The molecule has 0 bridgehead atoms. The van der Waals surface area contributed by atoms with Gasteiger partial charge in [-0.25, -0.2) is 0 Å². The highest BCUT2D eigenvalue weighted by molar-refractivity contribution is 8.01. The van der Waals surface area contributed by atoms with Gasteiger partial charge in [0.2, 0.25) is 11.8 Å². The monoisotopic (exact) mass is 349 g/mol. The Morgan fingerprint density at radius 1 is 1.55 bits per heavy atom. The summed E-state index contributed by atoms with van der Waals surface area (Å²) in [4.78, 5) is 28.1. The maximum absolute atomic E-state index is 12.6. The maximum Gasteiger partial charge on any atom is 0.246 e. The van der Waals surface area contributed by atoms with E-state index in [1.54, 1.807) is 16.7 Å². The predicted octanol–water partition coefficient (Wildman–Crippen LogP) is 1.69. The summed E-state index contributed by atoms with van der Waals surface area (Å²) in [6.45, 7) is 6.91. The molecule has 2 aliphatic heterocycles. The van der Waals surface area contributed by atoms with Crippen molar-refractivity contribution in [3.63, 3.8) is 0 Å². The Kier molecular flexibility index (Phi) is 6.59. The van der Waals surface area contributed by atoms with Gasteiger partial charge in [-0.05, 0) is 25.7 Å². The van der Waals surface area contributed by atoms with Gasteiger partial charge in [0.05, 0.1) is 4.87 Å². The van der Waals surface area contributed by atoms with E-state index in [2.05, 4.69) is 20.8 Å². The number of hydrogen-bond acceptors (Lipinski definition) is 4. The van der Waals surface area contributed by atoms with Gasteiger partial charge in [-0.1, -0.05) is 13.8 Å². The minimum absolute atomic E-state index is 0. The summed E-state index contributed by atoms with van der Waals surface area (Å²) in [6, 6.07) is -0.188. The molecule has 0 aromatic heterocycles. The highest BCUT2D eigenvalue weighted by Gasteiger charge is 2.53. The van der Waals surface area contributed by atoms with Crippen molar-refractivity contribution in [2.24, 2.45) is 11.7 Å². The summed E-state index contributed by atoms with van der Waals surface area (Å²) in [5, 5.41) is 0. The summed E-state index contributed by atoms with van der Waals surface area (Å²) in [7, 11) is 1.82. The third kappa shape index (κ3) is 3.71. The summed E-state index contributed by atoms with van der Waals surface area (Å²) in [5.41, 5.74) is 6.04. The highest BCUT2D eigenvalue weighted by atomic mass is 35.5. The Bertz CT molecular complexity index is 435. The van der Waals surface area contributed by atoms with E-state index in [0.29, 0.717) is 24.6 Å². The van der Waals surface area contributed by atoms with E-state index in [0.717, 1.165) is 12.8 Å². The number of carbonyl (C=O) groups excluding carboxylic acids is 2. The van der Waals surface area contributed by atoms with E-state index in [-0.39, 0.29) is 41.2 Å². The fraction of sp³-hybridized carbons (Fsp3) is 0.867. The molecular weight excluding hydrogens is 322 g/mol. The lowest BCUT2D eigenvalue weighted by atomic mass is 10.0. The zero-order valence-corrected chi connectivity index (χ0v) is 15.5. The fourth-order valence-corrected chi connectivity index (χ4v) is 4.47. The number of nitrogens with two attached hydrogens (primary N) is 1. The van der Waals surface area contributed by atoms with E-state index >= 15 is 0 Å². The lowest BCUT2D eigenvalue weighted by molar-refractivity contribution is -0.142. The van der Waals surface area contributed by atoms with Crippen LogP contribution in [0.5, 0.6) is 0 Å². The van der Waals surface area contributed by atoms with Gasteiger partial charge in [-0.2, -0.15) is 0 Å². The minimum atomic E-state index is -0.296. The van der Waals surface area contributed by atoms with Crippen molar-refractivity contribution in [3.8, 4) is 0 Å². The van der Waals surface area contributed by atoms with Crippen LogP contribution in [-0.2, 0) is 9.59 Å². The Labute approximate surface area is 143 Å². The van der Waals surface area contributed by atoms with Crippen molar-refractivity contribution in [3.05, 3.63) is 0 Å². The largest absolute Gasteiger partial charge is 0.344 e. The molecule has 3 atom stereocenters. The molecule has 0 radical (unpaired) electrons. The lowest BCUT2D eigenvalue weighted by Gasteiger charge is -2.32. The second-order valence-corrected chi connectivity index (χ2v) is 8.22. The van der Waals surface area contributed by atoms with Crippen molar-refractivity contribution in [2.45, 2.75) is 57.0 Å². The van der Waals surface area contributed by atoms with E-state index in [9.17, 15) is 9.59 Å². The van der Waals surface area contributed by atoms with Crippen LogP contribution in [0.3, 0.4) is 0 Å². The molecule has 128 valence electrons. The van der Waals surface area contributed by atoms with E-state index in [1.807, 2.05) is 11.9 Å². The average Bonchev–Trinajstić information content (AvgIpc) is 2.92. The standard InChI is InChI=1S/C15H27N3O2S.ClH/c1-10(2)11(16)6-8-17(4)14(20)12-9-21-15(3)7-5-13(19)18(12)15;/h10-12H,5-9,16H2,1-4H3;1H. The Morgan fingerprint density at radius 3 is 2.77 bits per heavy atom. The fourth-order valence-electron chi connectivity index (χ4n) is 3.04. The van der Waals surface area contributed by atoms with Crippen LogP contribution < -0.4 is 5.73 Å². The molecule has 0 aromatic rings. The van der Waals surface area contributed by atoms with Crippen LogP contribution in [0.1, 0.15) is 40.0 Å². The van der Waals surface area contributed by atoms with E-state index < -0.39 is 0 Å². The first-order valence-electron chi connectivity index (χ1n) is 7.73. The molecule has 2 saturated heterocycles. The quantitative estimate of drug-likeness (QED) is 0.820. The first kappa shape index (κ1) is 19.6. The first-order chi connectivity index (χ1) is 9.76. The number of hydrogen-bond donors (Lipinski definition) is 1. The first-order valence-corrected chi connectivity index (χ1v) is 8.71. The van der Waals surface area contributed by atoms with E-state index in [4.69, 9.17) is 5.73 Å². The second kappa shape index (κ2) is 7.41. The van der Waals surface area contributed by atoms with Gasteiger partial charge < -0.3 is 15.5 Å². The van der Waals surface area contributed by atoms with Gasteiger partial charge >= 0.3 is 0 Å². The molecule has 2 rings (SSSR count). The normalized spacial score (nSPS) is 28.5. The van der Waals surface area contributed by atoms with Crippen LogP contribution >= 0.6 is 24.2 Å². The van der Waals surface area contributed by atoms with Crippen LogP contribution in [0.25, 0.3) is 0 Å². The predicted molar refractivity (Wildman–Crippen MR) is 93.0 cm³/mol. The van der Waals surface area contributed by atoms with Crippen molar-refractivity contribution < 1.29 is 9.59 Å². The summed E-state index contributed by atoms with van der Waals surface area (Å²) >= 11 is 1.74. The zero-order valence-electron chi connectivity index (χ0n) is 13.9. The Hall–Kier alpha value is -0.460. The van der Waals surface area contributed by atoms with Crippen LogP contribution in [0.2, 0.25) is 0 Å². The lowest BCUT2D eigenvalue weighted by Crippen LogP contribution is -2.51. The molecule has 22 heavy (non-hydrogen) atoms. The number of rotatable bonds is 5. The molecule has 2 N–H and O–H groups in total. The number of thioether (sulfide) groups is 1. The molecule has 2 aliphatic rings. The number of likely N-dealkylation sites (N-methyl/N-ethyl adjacent to an activating group) is 1. The van der Waals surface area contributed by atoms with Crippen LogP contribution in [0.15, 0.2) is 0 Å². The van der Waals surface area contributed by atoms with Gasteiger partial charge in [0.15, 0.2) is 0 Å². The topological polar surface area (TPSA) is 66.6 Å². The number of fused-ring (bicyclic) bond motifs is 1. The molecule has 0 saturated carbocycles. The van der Waals surface area contributed by atoms with Gasteiger partial charge in [-0.3, -0.25) is 9.59 Å². The molecule has 7 heteroatoms. The summed E-state index contributed by atoms with van der Waals surface area (Å²) in [5.74, 6) is 1.30. The van der Waals surface area contributed by atoms with Crippen LogP contribution in [0.4, 0.5) is 0 Å². The molecule has 2 fully saturated rings. The molecule has 3 unspecified atom stereocenters. The summed E-state index contributed by atoms with van der Waals surface area (Å²) in [6.07, 6.45) is 2.21. The molecule has 2 amide bonds. The van der Waals surface area contributed by atoms with Gasteiger partial charge in [-0.15, -0.1) is 24.2 Å². The Balaban J connectivity index is 0.00000242. The number of carbonyl (C=O) groups is 2. The summed E-state index contributed by atoms with van der Waals surface area (Å²) < 4.78 is 0. The smallest absolute Gasteiger partial charge is 0.246 e. The molecule has 5 nitrogen and oxygen atoms in total. The van der Waals surface area contributed by atoms with Gasteiger partial charge in [0.1, 0.15) is 6.04 Å². The SMILES string of the molecule is CC(C)C(N)CCN(C)C(=O)C1CSC2(C)CCC(=O)N12.Cl. The van der Waals surface area contributed by atoms with Gasteiger partial charge in [0, 0.05) is 31.8 Å².